The van der Waals surface area contributed by atoms with Gasteiger partial charge in [-0.15, -0.1) is 11.6 Å². The number of rotatable bonds is 3. The molecule has 0 aromatic heterocycles. The van der Waals surface area contributed by atoms with Crippen LogP contribution in [0.3, 0.4) is 0 Å². The quantitative estimate of drug-likeness (QED) is 0.807. The van der Waals surface area contributed by atoms with Gasteiger partial charge in [0.2, 0.25) is 5.91 Å². The molecule has 2 aliphatic heterocycles. The fourth-order valence-corrected chi connectivity index (χ4v) is 3.36. The van der Waals surface area contributed by atoms with Gasteiger partial charge >= 0.3 is 0 Å². The first-order valence-electron chi connectivity index (χ1n) is 7.38. The fraction of sp³-hybridized carbons (Fsp3) is 0.500. The molecule has 3 rings (SSSR count). The zero-order valence-electron chi connectivity index (χ0n) is 11.9. The van der Waals surface area contributed by atoms with Crippen LogP contribution in [0, 0.1) is 17.2 Å². The van der Waals surface area contributed by atoms with Crippen LogP contribution in [0.25, 0.3) is 0 Å². The molecule has 0 saturated carbocycles. The molecule has 21 heavy (non-hydrogen) atoms. The molecule has 4 nitrogen and oxygen atoms in total. The summed E-state index contributed by atoms with van der Waals surface area (Å²) in [7, 11) is 0. The summed E-state index contributed by atoms with van der Waals surface area (Å²) in [5, 5.41) is 9.41. The summed E-state index contributed by atoms with van der Waals surface area (Å²) in [6.45, 7) is 2.66. The molecule has 1 aromatic carbocycles. The molecule has 2 aliphatic rings. The highest BCUT2D eigenvalue weighted by molar-refractivity contribution is 6.18. The maximum atomic E-state index is 12.1. The minimum atomic E-state index is 0.0958. The van der Waals surface area contributed by atoms with E-state index in [1.165, 1.54) is 12.8 Å². The van der Waals surface area contributed by atoms with E-state index in [1.54, 1.807) is 4.90 Å². The van der Waals surface area contributed by atoms with Crippen molar-refractivity contribution in [1.82, 2.24) is 0 Å². The van der Waals surface area contributed by atoms with E-state index in [2.05, 4.69) is 11.0 Å². The lowest BCUT2D eigenvalue weighted by Gasteiger charge is -2.22. The Morgan fingerprint density at radius 3 is 2.71 bits per heavy atom. The molecule has 2 saturated heterocycles. The van der Waals surface area contributed by atoms with E-state index < -0.39 is 0 Å². The highest BCUT2D eigenvalue weighted by atomic mass is 35.5. The Morgan fingerprint density at radius 1 is 1.33 bits per heavy atom. The maximum absolute atomic E-state index is 12.1. The average molecular weight is 304 g/mol. The Morgan fingerprint density at radius 2 is 2.10 bits per heavy atom. The Hall–Kier alpha value is -1.73. The summed E-state index contributed by atoms with van der Waals surface area (Å²) < 4.78 is 0. The van der Waals surface area contributed by atoms with Crippen molar-refractivity contribution in [3.63, 3.8) is 0 Å². The van der Waals surface area contributed by atoms with Crippen LogP contribution in [0.5, 0.6) is 0 Å². The summed E-state index contributed by atoms with van der Waals surface area (Å²) in [6, 6.07) is 8.03. The third-order valence-corrected chi connectivity index (χ3v) is 4.72. The van der Waals surface area contributed by atoms with Crippen molar-refractivity contribution < 1.29 is 4.79 Å². The van der Waals surface area contributed by atoms with Crippen LogP contribution in [-0.4, -0.2) is 31.4 Å². The number of benzene rings is 1. The van der Waals surface area contributed by atoms with E-state index in [-0.39, 0.29) is 11.8 Å². The molecule has 0 bridgehead atoms. The van der Waals surface area contributed by atoms with Crippen LogP contribution in [0.4, 0.5) is 11.4 Å². The Bertz CT molecular complexity index is 590. The van der Waals surface area contributed by atoms with Gasteiger partial charge in [0, 0.05) is 37.6 Å². The molecule has 1 atom stereocenters. The number of hydrogen-bond acceptors (Lipinski definition) is 3. The van der Waals surface area contributed by atoms with Gasteiger partial charge in [0.1, 0.15) is 6.07 Å². The lowest BCUT2D eigenvalue weighted by atomic mass is 10.1. The smallest absolute Gasteiger partial charge is 0.227 e. The first-order chi connectivity index (χ1) is 10.2. The van der Waals surface area contributed by atoms with E-state index in [0.717, 1.165) is 24.5 Å². The number of amides is 1. The van der Waals surface area contributed by atoms with E-state index in [9.17, 15) is 10.1 Å². The van der Waals surface area contributed by atoms with Crippen molar-refractivity contribution in [2.24, 2.45) is 5.92 Å². The van der Waals surface area contributed by atoms with Crippen LogP contribution in [-0.2, 0) is 4.79 Å². The Labute approximate surface area is 129 Å². The lowest BCUT2D eigenvalue weighted by Crippen LogP contribution is -2.25. The van der Waals surface area contributed by atoms with Crippen LogP contribution in [0.2, 0.25) is 0 Å². The van der Waals surface area contributed by atoms with E-state index in [0.29, 0.717) is 24.4 Å². The molecule has 1 amide bonds. The molecule has 0 spiro atoms. The van der Waals surface area contributed by atoms with Crippen molar-refractivity contribution >= 4 is 28.9 Å². The first kappa shape index (κ1) is 14.2. The molecule has 0 N–H and O–H groups in total. The third-order valence-electron chi connectivity index (χ3n) is 4.28. The topological polar surface area (TPSA) is 47.3 Å². The first-order valence-corrected chi connectivity index (χ1v) is 7.92. The van der Waals surface area contributed by atoms with Gasteiger partial charge in [-0.3, -0.25) is 4.79 Å². The van der Waals surface area contributed by atoms with Gasteiger partial charge in [0.15, 0.2) is 0 Å². The Balaban J connectivity index is 1.88. The van der Waals surface area contributed by atoms with Crippen molar-refractivity contribution in [1.29, 1.82) is 5.26 Å². The molecule has 5 heteroatoms. The zero-order valence-corrected chi connectivity index (χ0v) is 12.6. The summed E-state index contributed by atoms with van der Waals surface area (Å²) in [5.41, 5.74) is 2.45. The predicted molar refractivity (Wildman–Crippen MR) is 83.8 cm³/mol. The lowest BCUT2D eigenvalue weighted by molar-refractivity contribution is -0.117. The molecule has 0 radical (unpaired) electrons. The van der Waals surface area contributed by atoms with Gasteiger partial charge in [-0.05, 0) is 37.0 Å². The Kier molecular flexibility index (Phi) is 4.03. The van der Waals surface area contributed by atoms with Crippen molar-refractivity contribution in [3.8, 4) is 6.07 Å². The van der Waals surface area contributed by atoms with Crippen LogP contribution < -0.4 is 9.80 Å². The second-order valence-electron chi connectivity index (χ2n) is 5.74. The number of nitriles is 1. The molecular weight excluding hydrogens is 286 g/mol. The molecule has 1 unspecified atom stereocenters. The van der Waals surface area contributed by atoms with Gasteiger partial charge in [-0.2, -0.15) is 5.26 Å². The van der Waals surface area contributed by atoms with Crippen molar-refractivity contribution in [2.75, 3.05) is 35.3 Å². The molecular formula is C16H18ClN3O. The second-order valence-corrected chi connectivity index (χ2v) is 6.04. The molecule has 1 aromatic rings. The minimum absolute atomic E-state index is 0.0958. The number of halogens is 1. The molecule has 2 heterocycles. The van der Waals surface area contributed by atoms with Crippen molar-refractivity contribution in [2.45, 2.75) is 19.3 Å². The minimum Gasteiger partial charge on any atom is -0.370 e. The maximum Gasteiger partial charge on any atom is 0.227 e. The zero-order chi connectivity index (χ0) is 14.8. The van der Waals surface area contributed by atoms with E-state index in [1.807, 2.05) is 18.2 Å². The van der Waals surface area contributed by atoms with Crippen LogP contribution in [0.15, 0.2) is 18.2 Å². The SMILES string of the molecule is N#Cc1cc(N2CC(CCl)CC2=O)ccc1N1CCCC1. The highest BCUT2D eigenvalue weighted by Gasteiger charge is 2.30. The monoisotopic (exact) mass is 303 g/mol. The number of nitrogens with zero attached hydrogens (tertiary/aromatic N) is 3. The third kappa shape index (κ3) is 2.71. The summed E-state index contributed by atoms with van der Waals surface area (Å²) in [4.78, 5) is 16.1. The predicted octanol–water partition coefficient (Wildman–Crippen LogP) is 2.75. The molecule has 2 fully saturated rings. The van der Waals surface area contributed by atoms with Crippen LogP contribution in [0.1, 0.15) is 24.8 Å². The van der Waals surface area contributed by atoms with Gasteiger partial charge < -0.3 is 9.80 Å². The number of carbonyl (C=O) groups is 1. The summed E-state index contributed by atoms with van der Waals surface area (Å²) in [5.74, 6) is 0.806. The standard InChI is InChI=1S/C16H18ClN3O/c17-9-12-7-16(21)20(11-12)14-3-4-15(13(8-14)10-18)19-5-1-2-6-19/h3-4,8,12H,1-2,5-7,9,11H2. The van der Waals surface area contributed by atoms with E-state index >= 15 is 0 Å². The van der Waals surface area contributed by atoms with Crippen LogP contribution >= 0.6 is 11.6 Å². The largest absolute Gasteiger partial charge is 0.370 e. The summed E-state index contributed by atoms with van der Waals surface area (Å²) >= 11 is 5.86. The van der Waals surface area contributed by atoms with Gasteiger partial charge in [0.05, 0.1) is 11.3 Å². The number of anilines is 2. The second kappa shape index (κ2) is 5.95. The van der Waals surface area contributed by atoms with Crippen molar-refractivity contribution in [3.05, 3.63) is 23.8 Å². The molecule has 0 aliphatic carbocycles. The van der Waals surface area contributed by atoms with Gasteiger partial charge in [0.25, 0.3) is 0 Å². The van der Waals surface area contributed by atoms with E-state index in [4.69, 9.17) is 11.6 Å². The highest BCUT2D eigenvalue weighted by Crippen LogP contribution is 2.31. The fourth-order valence-electron chi connectivity index (χ4n) is 3.15. The average Bonchev–Trinajstić information content (AvgIpc) is 3.16. The number of hydrogen-bond donors (Lipinski definition) is 0. The summed E-state index contributed by atoms with van der Waals surface area (Å²) in [6.07, 6.45) is 2.85. The normalized spacial score (nSPS) is 21.9. The van der Waals surface area contributed by atoms with Gasteiger partial charge in [-0.25, -0.2) is 0 Å². The number of carbonyl (C=O) groups excluding carboxylic acids is 1. The molecule has 110 valence electrons. The van der Waals surface area contributed by atoms with Gasteiger partial charge in [-0.1, -0.05) is 0 Å². The number of alkyl halides is 1.